The van der Waals surface area contributed by atoms with E-state index in [4.69, 9.17) is 4.52 Å². The van der Waals surface area contributed by atoms with Gasteiger partial charge in [-0.3, -0.25) is 0 Å². The second-order valence-electron chi connectivity index (χ2n) is 6.14. The van der Waals surface area contributed by atoms with Gasteiger partial charge in [-0.05, 0) is 43.7 Å². The molecule has 1 aromatic carbocycles. The standard InChI is InChI=1S/C18H20FN3O3S2/c1-4-5-10-22(3)27(23,24)16-11-15(26-12(16)2)18-20-17(21-25-18)13-6-8-14(19)9-7-13/h6-9,11H,4-5,10H2,1-3H3. The van der Waals surface area contributed by atoms with Crippen molar-refractivity contribution in [2.45, 2.75) is 31.6 Å². The number of hydrogen-bond acceptors (Lipinski definition) is 6. The lowest BCUT2D eigenvalue weighted by molar-refractivity contribution is 0.433. The van der Waals surface area contributed by atoms with Gasteiger partial charge in [0.25, 0.3) is 5.89 Å². The number of rotatable bonds is 7. The van der Waals surface area contributed by atoms with E-state index in [1.165, 1.54) is 27.8 Å². The maximum Gasteiger partial charge on any atom is 0.268 e. The van der Waals surface area contributed by atoms with Crippen LogP contribution in [-0.2, 0) is 10.0 Å². The smallest absolute Gasteiger partial charge is 0.268 e. The third-order valence-electron chi connectivity index (χ3n) is 4.13. The van der Waals surface area contributed by atoms with E-state index in [0.717, 1.165) is 12.8 Å². The minimum atomic E-state index is -3.57. The van der Waals surface area contributed by atoms with Crippen molar-refractivity contribution in [2.24, 2.45) is 0 Å². The Morgan fingerprint density at radius 2 is 1.96 bits per heavy atom. The van der Waals surface area contributed by atoms with Gasteiger partial charge in [-0.1, -0.05) is 18.5 Å². The van der Waals surface area contributed by atoms with Crippen LogP contribution in [-0.4, -0.2) is 36.5 Å². The number of thiophene rings is 1. The molecule has 2 aromatic heterocycles. The van der Waals surface area contributed by atoms with Gasteiger partial charge in [0.15, 0.2) is 0 Å². The minimum Gasteiger partial charge on any atom is -0.333 e. The van der Waals surface area contributed by atoms with E-state index in [2.05, 4.69) is 10.1 Å². The van der Waals surface area contributed by atoms with Crippen LogP contribution in [0.1, 0.15) is 24.6 Å². The van der Waals surface area contributed by atoms with Crippen LogP contribution in [0.3, 0.4) is 0 Å². The van der Waals surface area contributed by atoms with Gasteiger partial charge < -0.3 is 4.52 Å². The lowest BCUT2D eigenvalue weighted by Crippen LogP contribution is -2.28. The predicted octanol–water partition coefficient (Wildman–Crippen LogP) is 4.33. The molecule has 9 heteroatoms. The van der Waals surface area contributed by atoms with Crippen molar-refractivity contribution in [3.63, 3.8) is 0 Å². The Balaban J connectivity index is 1.90. The molecule has 0 fully saturated rings. The van der Waals surface area contributed by atoms with Gasteiger partial charge in [0.05, 0.1) is 9.77 Å². The van der Waals surface area contributed by atoms with Crippen molar-refractivity contribution in [3.8, 4) is 22.2 Å². The van der Waals surface area contributed by atoms with E-state index in [1.54, 1.807) is 32.2 Å². The molecule has 0 radical (unpaired) electrons. The zero-order chi connectivity index (χ0) is 19.6. The third-order valence-corrected chi connectivity index (χ3v) is 7.28. The summed E-state index contributed by atoms with van der Waals surface area (Å²) in [6, 6.07) is 7.32. The topological polar surface area (TPSA) is 76.3 Å². The van der Waals surface area contributed by atoms with E-state index in [0.29, 0.717) is 27.7 Å². The Morgan fingerprint density at radius 3 is 2.63 bits per heavy atom. The van der Waals surface area contributed by atoms with Gasteiger partial charge >= 0.3 is 0 Å². The predicted molar refractivity (Wildman–Crippen MR) is 102 cm³/mol. The lowest BCUT2D eigenvalue weighted by atomic mass is 10.2. The monoisotopic (exact) mass is 409 g/mol. The molecule has 0 N–H and O–H groups in total. The number of halogens is 1. The van der Waals surface area contributed by atoms with Gasteiger partial charge in [-0.25, -0.2) is 17.1 Å². The summed E-state index contributed by atoms with van der Waals surface area (Å²) >= 11 is 1.28. The first-order chi connectivity index (χ1) is 12.8. The highest BCUT2D eigenvalue weighted by Gasteiger charge is 2.26. The quantitative estimate of drug-likeness (QED) is 0.580. The molecule has 27 heavy (non-hydrogen) atoms. The highest BCUT2D eigenvalue weighted by atomic mass is 32.2. The molecule has 0 saturated heterocycles. The molecule has 0 amide bonds. The summed E-state index contributed by atoms with van der Waals surface area (Å²) in [4.78, 5) is 5.81. The second-order valence-corrected chi connectivity index (χ2v) is 9.41. The van der Waals surface area contributed by atoms with Crippen LogP contribution >= 0.6 is 11.3 Å². The number of nitrogens with zero attached hydrogens (tertiary/aromatic N) is 3. The molecule has 0 bridgehead atoms. The highest BCUT2D eigenvalue weighted by Crippen LogP contribution is 2.34. The maximum atomic E-state index is 13.1. The molecule has 0 saturated carbocycles. The molecule has 3 aromatic rings. The van der Waals surface area contributed by atoms with Crippen molar-refractivity contribution >= 4 is 21.4 Å². The van der Waals surface area contributed by atoms with E-state index < -0.39 is 10.0 Å². The average molecular weight is 410 g/mol. The van der Waals surface area contributed by atoms with E-state index >= 15 is 0 Å². The Kier molecular flexibility index (Phi) is 5.73. The van der Waals surface area contributed by atoms with Crippen LogP contribution in [0.25, 0.3) is 22.2 Å². The third kappa shape index (κ3) is 4.10. The number of hydrogen-bond donors (Lipinski definition) is 0. The first-order valence-corrected chi connectivity index (χ1v) is 10.8. The first kappa shape index (κ1) is 19.7. The van der Waals surface area contributed by atoms with Crippen LogP contribution in [0.4, 0.5) is 4.39 Å². The van der Waals surface area contributed by atoms with E-state index in [1.807, 2.05) is 6.92 Å². The maximum absolute atomic E-state index is 13.1. The lowest BCUT2D eigenvalue weighted by Gasteiger charge is -2.16. The summed E-state index contributed by atoms with van der Waals surface area (Å²) in [5.41, 5.74) is 0.617. The summed E-state index contributed by atoms with van der Waals surface area (Å²) < 4.78 is 45.3. The van der Waals surface area contributed by atoms with E-state index in [-0.39, 0.29) is 16.6 Å². The summed E-state index contributed by atoms with van der Waals surface area (Å²) in [6.45, 7) is 4.24. The van der Waals surface area contributed by atoms with Gasteiger partial charge in [0.1, 0.15) is 5.82 Å². The van der Waals surface area contributed by atoms with Gasteiger partial charge in [0.2, 0.25) is 15.8 Å². The highest BCUT2D eigenvalue weighted by molar-refractivity contribution is 7.89. The molecule has 0 unspecified atom stereocenters. The van der Waals surface area contributed by atoms with E-state index in [9.17, 15) is 12.8 Å². The number of unbranched alkanes of at least 4 members (excludes halogenated alkanes) is 1. The molecule has 0 spiro atoms. The normalized spacial score (nSPS) is 12.0. The van der Waals surface area contributed by atoms with Crippen molar-refractivity contribution in [2.75, 3.05) is 13.6 Å². The van der Waals surface area contributed by atoms with Crippen LogP contribution < -0.4 is 0 Å². The van der Waals surface area contributed by atoms with Crippen molar-refractivity contribution < 1.29 is 17.3 Å². The van der Waals surface area contributed by atoms with Crippen LogP contribution in [0.2, 0.25) is 0 Å². The van der Waals surface area contributed by atoms with Crippen molar-refractivity contribution in [1.29, 1.82) is 0 Å². The number of aromatic nitrogens is 2. The summed E-state index contributed by atoms with van der Waals surface area (Å²) in [6.07, 6.45) is 1.72. The zero-order valence-corrected chi connectivity index (χ0v) is 16.9. The van der Waals surface area contributed by atoms with Crippen LogP contribution in [0.15, 0.2) is 39.8 Å². The Hall–Kier alpha value is -2.10. The van der Waals surface area contributed by atoms with Crippen LogP contribution in [0, 0.1) is 12.7 Å². The molecule has 2 heterocycles. The summed E-state index contributed by atoms with van der Waals surface area (Å²) in [5.74, 6) is 0.207. The molecule has 0 aliphatic rings. The first-order valence-electron chi connectivity index (χ1n) is 8.49. The molecule has 0 aliphatic carbocycles. The van der Waals surface area contributed by atoms with Gasteiger partial charge in [-0.2, -0.15) is 4.98 Å². The Bertz CT molecular complexity index is 1030. The summed E-state index contributed by atoms with van der Waals surface area (Å²) in [7, 11) is -1.98. The van der Waals surface area contributed by atoms with Crippen molar-refractivity contribution in [3.05, 3.63) is 41.0 Å². The van der Waals surface area contributed by atoms with Crippen molar-refractivity contribution in [1.82, 2.24) is 14.4 Å². The molecule has 0 atom stereocenters. The zero-order valence-electron chi connectivity index (χ0n) is 15.3. The fourth-order valence-corrected chi connectivity index (χ4v) is 5.22. The fourth-order valence-electron chi connectivity index (χ4n) is 2.54. The molecule has 3 rings (SSSR count). The minimum absolute atomic E-state index is 0.236. The number of benzene rings is 1. The Morgan fingerprint density at radius 1 is 1.26 bits per heavy atom. The number of aryl methyl sites for hydroxylation is 1. The van der Waals surface area contributed by atoms with Gasteiger partial charge in [0, 0.05) is 24.0 Å². The molecule has 0 aliphatic heterocycles. The second kappa shape index (κ2) is 7.87. The molecule has 6 nitrogen and oxygen atoms in total. The van der Waals surface area contributed by atoms with Crippen LogP contribution in [0.5, 0.6) is 0 Å². The number of sulfonamides is 1. The Labute approximate surface area is 161 Å². The average Bonchev–Trinajstić information content (AvgIpc) is 3.27. The molecular weight excluding hydrogens is 389 g/mol. The molecular formula is C18H20FN3O3S2. The summed E-state index contributed by atoms with van der Waals surface area (Å²) in [5, 5.41) is 3.91. The largest absolute Gasteiger partial charge is 0.333 e. The SMILES string of the molecule is CCCCN(C)S(=O)(=O)c1cc(-c2nc(-c3ccc(F)cc3)no2)sc1C. The molecule has 144 valence electrons. The van der Waals surface area contributed by atoms with Gasteiger partial charge in [-0.15, -0.1) is 11.3 Å². The fraction of sp³-hybridized carbons (Fsp3) is 0.333.